The van der Waals surface area contributed by atoms with Gasteiger partial charge in [0.2, 0.25) is 0 Å². The van der Waals surface area contributed by atoms with Crippen LogP contribution in [0, 0.1) is 11.3 Å². The molecule has 1 aromatic heterocycles. The summed E-state index contributed by atoms with van der Waals surface area (Å²) in [5, 5.41) is 1.05. The smallest absolute Gasteiger partial charge is 0.123 e. The molecule has 0 amide bonds. The Morgan fingerprint density at radius 2 is 1.85 bits per heavy atom. The monoisotopic (exact) mass is 386 g/mol. The first-order chi connectivity index (χ1) is 12.7. The molecule has 1 aliphatic rings. The zero-order valence-corrected chi connectivity index (χ0v) is 17.8. The van der Waals surface area contributed by atoms with Gasteiger partial charge in [-0.2, -0.15) is 0 Å². The number of benzene rings is 1. The summed E-state index contributed by atoms with van der Waals surface area (Å²) in [6.07, 6.45) is 6.60. The Bertz CT molecular complexity index is 819. The molecule has 1 heterocycles. The van der Waals surface area contributed by atoms with Crippen molar-refractivity contribution in [2.24, 2.45) is 15.7 Å². The van der Waals surface area contributed by atoms with Crippen molar-refractivity contribution < 1.29 is 9.29 Å². The van der Waals surface area contributed by atoms with Gasteiger partial charge in [0.15, 0.2) is 0 Å². The molecule has 0 N–H and O–H groups in total. The molecule has 1 atom stereocenters. The second-order valence-electron chi connectivity index (χ2n) is 8.61. The molecule has 4 nitrogen and oxygen atoms in total. The lowest BCUT2D eigenvalue weighted by molar-refractivity contribution is 0.0883. The lowest BCUT2D eigenvalue weighted by Crippen LogP contribution is -2.30. The number of hydrogen-bond donors (Lipinski definition) is 0. The van der Waals surface area contributed by atoms with E-state index < -0.39 is 11.4 Å². The summed E-state index contributed by atoms with van der Waals surface area (Å²) in [5.74, 6) is 1.70. The molecule has 0 aliphatic heterocycles. The standard InChI is InChI=1S/C22H30N2O2S/c1-15(24-27(5)25)20-12-6-16-14-19(11-13-21(16)23-20)26-18-9-7-17(8-10-18)22(2,3)4/h6,11-14,17-18H,7-10H2,1-5H3/b24-15-/t17?,18?,27-/m0/s1. The zero-order chi connectivity index (χ0) is 19.6. The van der Waals surface area contributed by atoms with Crippen molar-refractivity contribution in [3.05, 3.63) is 36.0 Å². The lowest BCUT2D eigenvalue weighted by Gasteiger charge is -2.36. The molecule has 146 valence electrons. The quantitative estimate of drug-likeness (QED) is 0.528. The van der Waals surface area contributed by atoms with E-state index in [1.54, 1.807) is 6.26 Å². The Kier molecular flexibility index (Phi) is 6.11. The van der Waals surface area contributed by atoms with Crippen LogP contribution in [0.3, 0.4) is 0 Å². The van der Waals surface area contributed by atoms with Gasteiger partial charge in [-0.1, -0.05) is 31.2 Å². The largest absolute Gasteiger partial charge is 0.591 e. The zero-order valence-electron chi connectivity index (χ0n) is 17.0. The van der Waals surface area contributed by atoms with Crippen LogP contribution in [0.1, 0.15) is 59.1 Å². The van der Waals surface area contributed by atoms with Crippen LogP contribution in [-0.4, -0.2) is 27.6 Å². The van der Waals surface area contributed by atoms with Gasteiger partial charge in [0.1, 0.15) is 17.7 Å². The molecule has 1 fully saturated rings. The van der Waals surface area contributed by atoms with Crippen molar-refractivity contribution in [2.75, 3.05) is 6.26 Å². The van der Waals surface area contributed by atoms with E-state index in [1.807, 2.05) is 31.2 Å². The van der Waals surface area contributed by atoms with Crippen molar-refractivity contribution in [2.45, 2.75) is 59.5 Å². The second kappa shape index (κ2) is 8.19. The highest BCUT2D eigenvalue weighted by Crippen LogP contribution is 2.38. The van der Waals surface area contributed by atoms with Gasteiger partial charge in [0.05, 0.1) is 28.7 Å². The number of ether oxygens (including phenoxy) is 1. The molecule has 1 aromatic carbocycles. The minimum absolute atomic E-state index is 0.308. The summed E-state index contributed by atoms with van der Waals surface area (Å²) in [6.45, 7) is 8.86. The third-order valence-electron chi connectivity index (χ3n) is 5.50. The van der Waals surface area contributed by atoms with Crippen LogP contribution >= 0.6 is 0 Å². The Labute approximate surface area is 165 Å². The minimum Gasteiger partial charge on any atom is -0.591 e. The Balaban J connectivity index is 1.69. The van der Waals surface area contributed by atoms with Gasteiger partial charge in [-0.05, 0) is 68.2 Å². The van der Waals surface area contributed by atoms with Crippen LogP contribution in [0.15, 0.2) is 34.7 Å². The fourth-order valence-corrected chi connectivity index (χ4v) is 4.34. The van der Waals surface area contributed by atoms with E-state index in [-0.39, 0.29) is 0 Å². The Hall–Kier alpha value is -1.59. The maximum atomic E-state index is 11.3. The summed E-state index contributed by atoms with van der Waals surface area (Å²) in [5.41, 5.74) is 2.73. The van der Waals surface area contributed by atoms with E-state index in [0.717, 1.165) is 41.1 Å². The van der Waals surface area contributed by atoms with Gasteiger partial charge in [0.25, 0.3) is 0 Å². The molecule has 0 radical (unpaired) electrons. The van der Waals surface area contributed by atoms with Crippen LogP contribution < -0.4 is 4.74 Å². The molecular formula is C22H30N2O2S. The first-order valence-electron chi connectivity index (χ1n) is 9.69. The average molecular weight is 387 g/mol. The molecule has 3 rings (SSSR count). The topological polar surface area (TPSA) is 57.5 Å². The molecule has 1 aliphatic carbocycles. The SMILES string of the molecule is C/C(=N/[S@+](C)[O-])c1ccc2cc(OC3CCC(C(C)(C)C)CC3)ccc2n1. The molecule has 0 bridgehead atoms. The number of hydrogen-bond acceptors (Lipinski definition) is 4. The average Bonchev–Trinajstić information content (AvgIpc) is 2.60. The van der Waals surface area contributed by atoms with E-state index in [2.05, 4.69) is 36.2 Å². The molecular weight excluding hydrogens is 356 g/mol. The van der Waals surface area contributed by atoms with Crippen LogP contribution in [0.4, 0.5) is 0 Å². The normalized spacial score (nSPS) is 22.7. The molecule has 0 saturated heterocycles. The van der Waals surface area contributed by atoms with Crippen LogP contribution in [0.5, 0.6) is 5.75 Å². The predicted molar refractivity (Wildman–Crippen MR) is 114 cm³/mol. The van der Waals surface area contributed by atoms with Gasteiger partial charge in [-0.25, -0.2) is 4.98 Å². The van der Waals surface area contributed by atoms with Crippen LogP contribution in [-0.2, 0) is 11.4 Å². The van der Waals surface area contributed by atoms with Crippen molar-refractivity contribution in [3.63, 3.8) is 0 Å². The fraction of sp³-hybridized carbons (Fsp3) is 0.545. The maximum Gasteiger partial charge on any atom is 0.123 e. The van der Waals surface area contributed by atoms with Gasteiger partial charge < -0.3 is 9.29 Å². The highest BCUT2D eigenvalue weighted by Gasteiger charge is 2.30. The summed E-state index contributed by atoms with van der Waals surface area (Å²) in [7, 11) is 0. The van der Waals surface area contributed by atoms with E-state index in [0.29, 0.717) is 17.2 Å². The van der Waals surface area contributed by atoms with E-state index in [4.69, 9.17) is 4.74 Å². The number of rotatable bonds is 4. The van der Waals surface area contributed by atoms with Gasteiger partial charge in [-0.3, -0.25) is 0 Å². The highest BCUT2D eigenvalue weighted by atomic mass is 32.2. The van der Waals surface area contributed by atoms with E-state index in [1.165, 1.54) is 12.8 Å². The minimum atomic E-state index is -1.22. The number of pyridine rings is 1. The molecule has 0 unspecified atom stereocenters. The second-order valence-corrected chi connectivity index (χ2v) is 9.64. The Morgan fingerprint density at radius 1 is 1.15 bits per heavy atom. The van der Waals surface area contributed by atoms with Crippen molar-refractivity contribution in [1.29, 1.82) is 0 Å². The number of aromatic nitrogens is 1. The lowest BCUT2D eigenvalue weighted by atomic mass is 9.72. The van der Waals surface area contributed by atoms with E-state index in [9.17, 15) is 4.55 Å². The highest BCUT2D eigenvalue weighted by molar-refractivity contribution is 7.89. The van der Waals surface area contributed by atoms with Crippen LogP contribution in [0.2, 0.25) is 0 Å². The van der Waals surface area contributed by atoms with Crippen molar-refractivity contribution in [3.8, 4) is 5.75 Å². The number of nitrogens with zero attached hydrogens (tertiary/aromatic N) is 2. The fourth-order valence-electron chi connectivity index (χ4n) is 3.86. The third kappa shape index (κ3) is 5.23. The molecule has 0 spiro atoms. The Morgan fingerprint density at radius 3 is 2.48 bits per heavy atom. The molecule has 5 heteroatoms. The molecule has 2 aromatic rings. The van der Waals surface area contributed by atoms with E-state index >= 15 is 0 Å². The van der Waals surface area contributed by atoms with Crippen molar-refractivity contribution in [1.82, 2.24) is 4.98 Å². The summed E-state index contributed by atoms with van der Waals surface area (Å²) in [4.78, 5) is 4.63. The first-order valence-corrected chi connectivity index (χ1v) is 11.2. The first kappa shape index (κ1) is 20.2. The van der Waals surface area contributed by atoms with Gasteiger partial charge in [0, 0.05) is 5.39 Å². The van der Waals surface area contributed by atoms with Gasteiger partial charge in [-0.15, -0.1) is 0 Å². The van der Waals surface area contributed by atoms with Crippen molar-refractivity contribution >= 4 is 28.0 Å². The van der Waals surface area contributed by atoms with Crippen LogP contribution in [0.25, 0.3) is 10.9 Å². The summed E-state index contributed by atoms with van der Waals surface area (Å²) < 4.78 is 21.6. The van der Waals surface area contributed by atoms with Gasteiger partial charge >= 0.3 is 0 Å². The number of fused-ring (bicyclic) bond motifs is 1. The summed E-state index contributed by atoms with van der Waals surface area (Å²) >= 11 is -1.22. The molecule has 1 saturated carbocycles. The summed E-state index contributed by atoms with van der Waals surface area (Å²) in [6, 6.07) is 10.0. The third-order valence-corrected chi connectivity index (χ3v) is 6.03. The molecule has 27 heavy (non-hydrogen) atoms. The predicted octanol–water partition coefficient (Wildman–Crippen LogP) is 5.32. The maximum absolute atomic E-state index is 11.3.